The van der Waals surface area contributed by atoms with E-state index in [2.05, 4.69) is 96.6 Å². The Hall–Kier alpha value is -4.85. The molecule has 2 saturated heterocycles. The summed E-state index contributed by atoms with van der Waals surface area (Å²) in [6.07, 6.45) is 15.0. The highest BCUT2D eigenvalue weighted by Gasteiger charge is 2.47. The van der Waals surface area contributed by atoms with Crippen LogP contribution in [0, 0.1) is 18.3 Å². The number of amides is 2. The number of nitrogens with two attached hydrogens (primary N) is 1. The van der Waals surface area contributed by atoms with Gasteiger partial charge in [0.1, 0.15) is 17.9 Å². The number of thiazole rings is 1. The molecule has 2 amide bonds. The second-order valence-electron chi connectivity index (χ2n) is 21.3. The summed E-state index contributed by atoms with van der Waals surface area (Å²) in [5.41, 5.74) is 16.6. The first-order chi connectivity index (χ1) is 32.6. The van der Waals surface area contributed by atoms with E-state index in [1.807, 2.05) is 58.5 Å². The van der Waals surface area contributed by atoms with E-state index < -0.39 is 12.1 Å². The first-order valence-electron chi connectivity index (χ1n) is 25.0. The fraction of sp³-hybridized carbons (Fsp3) is 0.509. The normalized spacial score (nSPS) is 20.5. The van der Waals surface area contributed by atoms with Crippen molar-refractivity contribution in [2.75, 3.05) is 26.7 Å². The molecule has 3 aliphatic heterocycles. The van der Waals surface area contributed by atoms with Gasteiger partial charge in [-0.15, -0.1) is 11.3 Å². The average Bonchev–Trinajstić information content (AvgIpc) is 4.03. The number of nitrogens with one attached hydrogen (secondary N) is 2. The van der Waals surface area contributed by atoms with Crippen LogP contribution in [0.5, 0.6) is 0 Å². The fourth-order valence-electron chi connectivity index (χ4n) is 11.4. The zero-order valence-electron chi connectivity index (χ0n) is 40.7. The lowest BCUT2D eigenvalue weighted by Gasteiger charge is -2.36. The van der Waals surface area contributed by atoms with E-state index in [0.29, 0.717) is 30.2 Å². The van der Waals surface area contributed by atoms with E-state index in [0.717, 1.165) is 75.3 Å². The second kappa shape index (κ2) is 19.9. The number of hydrogen-bond acceptors (Lipinski definition) is 9. The van der Waals surface area contributed by atoms with Crippen LogP contribution in [0.1, 0.15) is 145 Å². The van der Waals surface area contributed by atoms with Gasteiger partial charge in [0.25, 0.3) is 5.56 Å². The van der Waals surface area contributed by atoms with Crippen LogP contribution in [0.15, 0.2) is 87.3 Å². The van der Waals surface area contributed by atoms with Crippen molar-refractivity contribution in [2.24, 2.45) is 17.1 Å². The molecule has 0 radical (unpaired) electrons. The number of aryl methyl sites for hydroxylation is 1. The number of likely N-dealkylation sites (tertiary alicyclic amines) is 2. The molecular weight excluding hydrogens is 933 g/mol. The van der Waals surface area contributed by atoms with Crippen molar-refractivity contribution < 1.29 is 9.59 Å². The Morgan fingerprint density at radius 1 is 0.941 bits per heavy atom. The van der Waals surface area contributed by atoms with Crippen molar-refractivity contribution in [3.05, 3.63) is 121 Å². The molecule has 10 rings (SSSR count). The highest BCUT2D eigenvalue weighted by molar-refractivity contribution is 9.10. The van der Waals surface area contributed by atoms with Crippen LogP contribution < -0.4 is 21.9 Å². The minimum absolute atomic E-state index is 0.0419. The van der Waals surface area contributed by atoms with Gasteiger partial charge in [-0.1, -0.05) is 88.9 Å². The van der Waals surface area contributed by atoms with Crippen LogP contribution >= 0.6 is 27.3 Å². The van der Waals surface area contributed by atoms with E-state index in [1.165, 1.54) is 68.4 Å². The SMILES string of the molecule is CN1CCC(c2ccc3c(c2)C2(CCCCC2)c2nc(=O)c4c(Br)cccc4n2-3)CC1.Cc1ncsc1-c1ccc(C(C)NC(=O)C2CCCN2C(=O)C(N/C=C(\N)C2CCC2)C(C)(C)C)cc1. The topological polar surface area (TPSA) is 138 Å². The number of fused-ring (bicyclic) bond motifs is 7. The number of carbonyl (C=O) groups excluding carboxylic acids is 2. The molecule has 3 aromatic carbocycles. The molecule has 5 heterocycles. The highest BCUT2D eigenvalue weighted by atomic mass is 79.9. The van der Waals surface area contributed by atoms with E-state index in [-0.39, 0.29) is 34.2 Å². The van der Waals surface area contributed by atoms with Crippen molar-refractivity contribution in [1.29, 1.82) is 0 Å². The predicted octanol–water partition coefficient (Wildman–Crippen LogP) is 10.4. The standard InChI is InChI=1S/C29H41N5O2S.C26H28BrN3O/c1-18(20-11-13-22(14-12-20)25-19(2)32-17-37-25)33-27(35)24-10-7-15-34(24)28(36)26(29(3,4)5)31-16-23(30)21-8-6-9-21;1-29-14-10-17(11-15-29)18-8-9-21-19(16-18)26(12-3-2-4-13-26)25-28-24(31)23-20(27)6-5-7-22(23)30(21)25/h11-14,16-18,21,24,26,31H,6-10,15,30H2,1-5H3,(H,33,35);5-9,16-17H,2-4,10-15H2,1H3/b23-16-;. The van der Waals surface area contributed by atoms with Gasteiger partial charge in [-0.25, -0.2) is 4.98 Å². The summed E-state index contributed by atoms with van der Waals surface area (Å²) in [6.45, 7) is 13.0. The van der Waals surface area contributed by atoms with E-state index in [9.17, 15) is 14.4 Å². The number of nitrogens with zero attached hydrogens (tertiary/aromatic N) is 5. The Labute approximate surface area is 414 Å². The van der Waals surface area contributed by atoms with Gasteiger partial charge >= 0.3 is 0 Å². The smallest absolute Gasteiger partial charge is 0.281 e. The van der Waals surface area contributed by atoms with Crippen LogP contribution in [0.2, 0.25) is 0 Å². The molecular formula is C55H69BrN8O3S. The minimum atomic E-state index is -0.464. The van der Waals surface area contributed by atoms with Crippen molar-refractivity contribution in [3.63, 3.8) is 0 Å². The summed E-state index contributed by atoms with van der Waals surface area (Å²) >= 11 is 5.22. The molecule has 5 aliphatic rings. The summed E-state index contributed by atoms with van der Waals surface area (Å²) in [6, 6.07) is 20.3. The van der Waals surface area contributed by atoms with Crippen LogP contribution in [0.4, 0.5) is 0 Å². The molecule has 4 N–H and O–H groups in total. The number of halogens is 1. The van der Waals surface area contributed by atoms with Crippen molar-refractivity contribution in [1.82, 2.24) is 35.0 Å². The number of carbonyl (C=O) groups is 2. The van der Waals surface area contributed by atoms with Crippen LogP contribution in [-0.4, -0.2) is 74.9 Å². The summed E-state index contributed by atoms with van der Waals surface area (Å²) < 4.78 is 3.12. The third kappa shape index (κ3) is 9.43. The molecule has 68 heavy (non-hydrogen) atoms. The summed E-state index contributed by atoms with van der Waals surface area (Å²) in [4.78, 5) is 54.6. The Morgan fingerprint density at radius 3 is 2.34 bits per heavy atom. The number of benzene rings is 3. The molecule has 3 unspecified atom stereocenters. The number of hydrogen-bond donors (Lipinski definition) is 3. The van der Waals surface area contributed by atoms with Crippen molar-refractivity contribution in [3.8, 4) is 16.1 Å². The fourth-order valence-corrected chi connectivity index (χ4v) is 12.7. The highest BCUT2D eigenvalue weighted by Crippen LogP contribution is 2.52. The Bertz CT molecular complexity index is 2740. The third-order valence-corrected chi connectivity index (χ3v) is 17.3. The van der Waals surface area contributed by atoms with E-state index in [1.54, 1.807) is 16.2 Å². The molecule has 360 valence electrons. The lowest BCUT2D eigenvalue weighted by molar-refractivity contribution is -0.142. The molecule has 2 saturated carbocycles. The molecule has 13 heteroatoms. The largest absolute Gasteiger partial charge is 0.401 e. The maximum Gasteiger partial charge on any atom is 0.281 e. The number of allylic oxidation sites excluding steroid dienone is 1. The third-order valence-electron chi connectivity index (χ3n) is 15.7. The second-order valence-corrected chi connectivity index (χ2v) is 23.0. The average molecular weight is 1000 g/mol. The molecule has 0 bridgehead atoms. The van der Waals surface area contributed by atoms with Crippen molar-refractivity contribution >= 4 is 50.0 Å². The van der Waals surface area contributed by atoms with E-state index in [4.69, 9.17) is 10.7 Å². The Morgan fingerprint density at radius 2 is 1.68 bits per heavy atom. The van der Waals surface area contributed by atoms with Gasteiger partial charge in [-0.05, 0) is 159 Å². The molecule has 1 spiro atoms. The summed E-state index contributed by atoms with van der Waals surface area (Å²) in [5.74, 6) is 1.87. The van der Waals surface area contributed by atoms with E-state index >= 15 is 0 Å². The maximum atomic E-state index is 13.7. The Kier molecular flexibility index (Phi) is 14.1. The molecule has 11 nitrogen and oxygen atoms in total. The Balaban J connectivity index is 0.000000172. The summed E-state index contributed by atoms with van der Waals surface area (Å²) in [7, 11) is 2.22. The quantitative estimate of drug-likeness (QED) is 0.133. The monoisotopic (exact) mass is 1000 g/mol. The minimum Gasteiger partial charge on any atom is -0.401 e. The van der Waals surface area contributed by atoms with Crippen LogP contribution in [-0.2, 0) is 15.0 Å². The van der Waals surface area contributed by atoms with Gasteiger partial charge in [-0.2, -0.15) is 4.98 Å². The zero-order chi connectivity index (χ0) is 47.9. The zero-order valence-corrected chi connectivity index (χ0v) is 43.1. The van der Waals surface area contributed by atoms with Gasteiger partial charge in [0.2, 0.25) is 11.8 Å². The molecule has 5 aromatic rings. The van der Waals surface area contributed by atoms with Crippen LogP contribution in [0.3, 0.4) is 0 Å². The van der Waals surface area contributed by atoms with Gasteiger partial charge in [0.15, 0.2) is 0 Å². The van der Waals surface area contributed by atoms with Gasteiger partial charge in [0.05, 0.1) is 44.1 Å². The molecule has 3 atom stereocenters. The van der Waals surface area contributed by atoms with Gasteiger partial charge < -0.3 is 26.2 Å². The maximum absolute atomic E-state index is 13.7. The molecule has 4 fully saturated rings. The number of aromatic nitrogens is 3. The lowest BCUT2D eigenvalue weighted by atomic mass is 9.69. The molecule has 2 aromatic heterocycles. The summed E-state index contributed by atoms with van der Waals surface area (Å²) in [5, 5.41) is 7.15. The first-order valence-corrected chi connectivity index (χ1v) is 26.7. The van der Waals surface area contributed by atoms with Crippen LogP contribution in [0.25, 0.3) is 27.0 Å². The molecule has 2 aliphatic carbocycles. The number of piperidine rings is 1. The number of rotatable bonds is 9. The lowest BCUT2D eigenvalue weighted by Crippen LogP contribution is -2.55. The first kappa shape index (κ1) is 48.2. The van der Waals surface area contributed by atoms with Gasteiger partial charge in [0, 0.05) is 22.9 Å². The van der Waals surface area contributed by atoms with Gasteiger partial charge in [-0.3, -0.25) is 19.0 Å². The predicted molar refractivity (Wildman–Crippen MR) is 278 cm³/mol. The van der Waals surface area contributed by atoms with Crippen molar-refractivity contribution in [2.45, 2.75) is 141 Å².